The molecule has 1 aromatic rings. The molecule has 1 rings (SSSR count). The van der Waals surface area contributed by atoms with Crippen molar-refractivity contribution in [3.05, 3.63) is 23.8 Å². The van der Waals surface area contributed by atoms with E-state index in [2.05, 4.69) is 20.0 Å². The highest BCUT2D eigenvalue weighted by Crippen LogP contribution is 1.99. The molecule has 114 valence electrons. The van der Waals surface area contributed by atoms with Gasteiger partial charge in [0.15, 0.2) is 0 Å². The van der Waals surface area contributed by atoms with E-state index in [0.29, 0.717) is 18.1 Å². The number of aryl methyl sites for hydroxylation is 1. The minimum atomic E-state index is -3.46. The molecule has 0 aromatic carbocycles. The molecule has 0 radical (unpaired) electrons. The number of hydrogen-bond acceptors (Lipinski definition) is 5. The molecule has 0 spiro atoms. The molecule has 0 saturated heterocycles. The first-order valence-corrected chi connectivity index (χ1v) is 8.10. The average molecular weight is 301 g/mol. The van der Waals surface area contributed by atoms with Gasteiger partial charge >= 0.3 is 0 Å². The number of rotatable bonds is 9. The van der Waals surface area contributed by atoms with E-state index in [1.54, 1.807) is 26.2 Å². The fourth-order valence-corrected chi connectivity index (χ4v) is 2.52. The maximum absolute atomic E-state index is 12.0. The second-order valence-corrected chi connectivity index (χ2v) is 6.31. The fourth-order valence-electron chi connectivity index (χ4n) is 1.60. The Labute approximate surface area is 121 Å². The van der Waals surface area contributed by atoms with Crippen LogP contribution in [-0.4, -0.2) is 49.4 Å². The van der Waals surface area contributed by atoms with Crippen molar-refractivity contribution in [2.45, 2.75) is 26.8 Å². The van der Waals surface area contributed by atoms with Gasteiger partial charge in [0, 0.05) is 19.8 Å². The topological polar surface area (TPSA) is 87.2 Å². The molecule has 8 heteroatoms. The fraction of sp³-hybridized carbons (Fsp3) is 0.667. The van der Waals surface area contributed by atoms with Gasteiger partial charge in [-0.05, 0) is 32.5 Å². The SMILES string of the molecule is CCNCCCN(C)S(=O)(=O)NCc1ccnc(C)n1. The maximum atomic E-state index is 12.0. The van der Waals surface area contributed by atoms with E-state index < -0.39 is 10.2 Å². The van der Waals surface area contributed by atoms with E-state index in [1.807, 2.05) is 6.92 Å². The Kier molecular flexibility index (Phi) is 7.00. The second kappa shape index (κ2) is 8.25. The van der Waals surface area contributed by atoms with Gasteiger partial charge in [-0.15, -0.1) is 0 Å². The Morgan fingerprint density at radius 1 is 1.40 bits per heavy atom. The van der Waals surface area contributed by atoms with Crippen molar-refractivity contribution in [2.24, 2.45) is 0 Å². The first-order valence-electron chi connectivity index (χ1n) is 6.66. The van der Waals surface area contributed by atoms with Crippen molar-refractivity contribution in [1.82, 2.24) is 24.3 Å². The minimum absolute atomic E-state index is 0.170. The summed E-state index contributed by atoms with van der Waals surface area (Å²) in [5.41, 5.74) is 0.655. The summed E-state index contributed by atoms with van der Waals surface area (Å²) < 4.78 is 27.9. The molecule has 0 saturated carbocycles. The highest BCUT2D eigenvalue weighted by Gasteiger charge is 2.16. The van der Waals surface area contributed by atoms with Gasteiger partial charge in [0.25, 0.3) is 10.2 Å². The van der Waals surface area contributed by atoms with E-state index in [1.165, 1.54) is 4.31 Å². The van der Waals surface area contributed by atoms with Crippen LogP contribution in [0.2, 0.25) is 0 Å². The van der Waals surface area contributed by atoms with Crippen LogP contribution in [0, 0.1) is 6.92 Å². The van der Waals surface area contributed by atoms with E-state index in [-0.39, 0.29) is 6.54 Å². The molecule has 0 aliphatic rings. The summed E-state index contributed by atoms with van der Waals surface area (Å²) in [6.07, 6.45) is 2.39. The van der Waals surface area contributed by atoms with Crippen LogP contribution in [0.4, 0.5) is 0 Å². The number of aromatic nitrogens is 2. The van der Waals surface area contributed by atoms with Crippen LogP contribution in [0.25, 0.3) is 0 Å². The standard InChI is InChI=1S/C12H23N5O2S/c1-4-13-7-5-9-17(3)20(18,19)15-10-12-6-8-14-11(2)16-12/h6,8,13,15H,4-5,7,9-10H2,1-3H3. The summed E-state index contributed by atoms with van der Waals surface area (Å²) in [4.78, 5) is 8.13. The number of hydrogen-bond donors (Lipinski definition) is 2. The van der Waals surface area contributed by atoms with Crippen LogP contribution in [0.3, 0.4) is 0 Å². The van der Waals surface area contributed by atoms with Gasteiger partial charge < -0.3 is 5.32 Å². The molecule has 0 amide bonds. The van der Waals surface area contributed by atoms with Crippen molar-refractivity contribution in [1.29, 1.82) is 0 Å². The molecular weight excluding hydrogens is 278 g/mol. The Hall–Kier alpha value is -1.09. The van der Waals surface area contributed by atoms with E-state index in [9.17, 15) is 8.42 Å². The summed E-state index contributed by atoms with van der Waals surface area (Å²) in [6, 6.07) is 1.70. The van der Waals surface area contributed by atoms with Crippen LogP contribution in [0.1, 0.15) is 24.9 Å². The zero-order valence-electron chi connectivity index (χ0n) is 12.3. The molecular formula is C12H23N5O2S. The lowest BCUT2D eigenvalue weighted by molar-refractivity contribution is 0.445. The summed E-state index contributed by atoms with van der Waals surface area (Å²) in [7, 11) is -1.89. The predicted octanol–water partition coefficient (Wildman–Crippen LogP) is 0.0508. The third kappa shape index (κ3) is 5.91. The van der Waals surface area contributed by atoms with Crippen molar-refractivity contribution in [3.63, 3.8) is 0 Å². The second-order valence-electron chi connectivity index (χ2n) is 4.45. The van der Waals surface area contributed by atoms with Crippen LogP contribution >= 0.6 is 0 Å². The molecule has 2 N–H and O–H groups in total. The number of nitrogens with one attached hydrogen (secondary N) is 2. The van der Waals surface area contributed by atoms with Crippen molar-refractivity contribution >= 4 is 10.2 Å². The van der Waals surface area contributed by atoms with Gasteiger partial charge in [-0.25, -0.2) is 9.97 Å². The Bertz CT molecular complexity index is 506. The van der Waals surface area contributed by atoms with Gasteiger partial charge in [-0.3, -0.25) is 0 Å². The van der Waals surface area contributed by atoms with Crippen LogP contribution in [0.5, 0.6) is 0 Å². The predicted molar refractivity (Wildman–Crippen MR) is 78.3 cm³/mol. The molecule has 0 aliphatic carbocycles. The highest BCUT2D eigenvalue weighted by atomic mass is 32.2. The van der Waals surface area contributed by atoms with E-state index in [0.717, 1.165) is 19.5 Å². The smallest absolute Gasteiger partial charge is 0.279 e. The summed E-state index contributed by atoms with van der Waals surface area (Å²) in [5, 5.41) is 3.16. The minimum Gasteiger partial charge on any atom is -0.317 e. The lowest BCUT2D eigenvalue weighted by atomic mass is 10.4. The molecule has 0 atom stereocenters. The van der Waals surface area contributed by atoms with Crippen LogP contribution in [0.15, 0.2) is 12.3 Å². The maximum Gasteiger partial charge on any atom is 0.279 e. The molecule has 1 heterocycles. The average Bonchev–Trinajstić information content (AvgIpc) is 2.41. The molecule has 20 heavy (non-hydrogen) atoms. The molecule has 7 nitrogen and oxygen atoms in total. The molecule has 0 bridgehead atoms. The van der Waals surface area contributed by atoms with Crippen molar-refractivity contribution in [3.8, 4) is 0 Å². The summed E-state index contributed by atoms with van der Waals surface area (Å²) in [5.74, 6) is 0.626. The van der Waals surface area contributed by atoms with E-state index in [4.69, 9.17) is 0 Å². The Morgan fingerprint density at radius 2 is 2.15 bits per heavy atom. The first kappa shape index (κ1) is 17.0. The molecule has 0 aliphatic heterocycles. The van der Waals surface area contributed by atoms with E-state index >= 15 is 0 Å². The highest BCUT2D eigenvalue weighted by molar-refractivity contribution is 7.87. The van der Waals surface area contributed by atoms with Gasteiger partial charge in [-0.2, -0.15) is 17.4 Å². The van der Waals surface area contributed by atoms with Crippen LogP contribution in [-0.2, 0) is 16.8 Å². The third-order valence-corrected chi connectivity index (χ3v) is 4.27. The van der Waals surface area contributed by atoms with Crippen molar-refractivity contribution in [2.75, 3.05) is 26.7 Å². The monoisotopic (exact) mass is 301 g/mol. The van der Waals surface area contributed by atoms with Crippen LogP contribution < -0.4 is 10.0 Å². The third-order valence-electron chi connectivity index (χ3n) is 2.76. The van der Waals surface area contributed by atoms with Gasteiger partial charge in [-0.1, -0.05) is 6.92 Å². The molecule has 0 unspecified atom stereocenters. The number of nitrogens with zero attached hydrogens (tertiary/aromatic N) is 3. The quantitative estimate of drug-likeness (QED) is 0.629. The van der Waals surface area contributed by atoms with Gasteiger partial charge in [0.2, 0.25) is 0 Å². The van der Waals surface area contributed by atoms with Crippen molar-refractivity contribution < 1.29 is 8.42 Å². The Balaban J connectivity index is 2.44. The summed E-state index contributed by atoms with van der Waals surface area (Å²) in [6.45, 7) is 6.13. The normalized spacial score (nSPS) is 12.0. The zero-order valence-corrected chi connectivity index (χ0v) is 13.1. The molecule has 1 aromatic heterocycles. The largest absolute Gasteiger partial charge is 0.317 e. The zero-order chi connectivity index (χ0) is 15.0. The lowest BCUT2D eigenvalue weighted by Gasteiger charge is -2.17. The van der Waals surface area contributed by atoms with Gasteiger partial charge in [0.1, 0.15) is 5.82 Å². The summed E-state index contributed by atoms with van der Waals surface area (Å²) >= 11 is 0. The lowest BCUT2D eigenvalue weighted by Crippen LogP contribution is -2.39. The molecule has 0 fully saturated rings. The first-order chi connectivity index (χ1) is 9.45. The van der Waals surface area contributed by atoms with Gasteiger partial charge in [0.05, 0.1) is 12.2 Å². The Morgan fingerprint density at radius 3 is 2.80 bits per heavy atom.